The summed E-state index contributed by atoms with van der Waals surface area (Å²) in [6, 6.07) is 12.4. The molecule has 150 valence electrons. The number of benzene rings is 2. The molecule has 1 aliphatic carbocycles. The van der Waals surface area contributed by atoms with Gasteiger partial charge in [-0.05, 0) is 42.2 Å². The summed E-state index contributed by atoms with van der Waals surface area (Å²) in [7, 11) is -2.19. The summed E-state index contributed by atoms with van der Waals surface area (Å²) >= 11 is 0. The molecule has 1 amide bonds. The summed E-state index contributed by atoms with van der Waals surface area (Å²) in [6.45, 7) is 4.31. The van der Waals surface area contributed by atoms with Crippen LogP contribution in [0.2, 0.25) is 0 Å². The largest absolute Gasteiger partial charge is 0.496 e. The first-order valence-electron chi connectivity index (χ1n) is 9.49. The van der Waals surface area contributed by atoms with E-state index in [1.807, 2.05) is 18.2 Å². The molecule has 2 aromatic rings. The monoisotopic (exact) mass is 402 g/mol. The van der Waals surface area contributed by atoms with Crippen LogP contribution in [0.3, 0.4) is 0 Å². The van der Waals surface area contributed by atoms with Crippen molar-refractivity contribution in [1.29, 1.82) is 0 Å². The molecule has 0 bridgehead atoms. The fraction of sp³-hybridized carbons (Fsp3) is 0.381. The molecule has 1 N–H and O–H groups in total. The van der Waals surface area contributed by atoms with Crippen molar-refractivity contribution >= 4 is 15.9 Å². The van der Waals surface area contributed by atoms with Crippen LogP contribution in [0.1, 0.15) is 47.8 Å². The molecule has 0 radical (unpaired) electrons. The van der Waals surface area contributed by atoms with Gasteiger partial charge in [-0.15, -0.1) is 0 Å². The molecule has 6 nitrogen and oxygen atoms in total. The van der Waals surface area contributed by atoms with Gasteiger partial charge in [0, 0.05) is 13.1 Å². The number of ether oxygens (including phenoxy) is 1. The molecule has 0 spiro atoms. The molecule has 2 aromatic carbocycles. The molecule has 1 aliphatic rings. The lowest BCUT2D eigenvalue weighted by Crippen LogP contribution is -2.31. The van der Waals surface area contributed by atoms with E-state index < -0.39 is 10.0 Å². The third-order valence-corrected chi connectivity index (χ3v) is 7.24. The van der Waals surface area contributed by atoms with E-state index >= 15 is 0 Å². The van der Waals surface area contributed by atoms with Crippen LogP contribution < -0.4 is 10.1 Å². The van der Waals surface area contributed by atoms with Crippen molar-refractivity contribution in [2.45, 2.75) is 37.6 Å². The summed E-state index contributed by atoms with van der Waals surface area (Å²) in [5, 5.41) is 3.03. The van der Waals surface area contributed by atoms with Crippen LogP contribution >= 0.6 is 0 Å². The number of nitrogens with zero attached hydrogens (tertiary/aromatic N) is 1. The van der Waals surface area contributed by atoms with Crippen molar-refractivity contribution in [3.63, 3.8) is 0 Å². The second-order valence-electron chi connectivity index (χ2n) is 6.71. The molecule has 0 aromatic heterocycles. The Morgan fingerprint density at radius 1 is 1.18 bits per heavy atom. The molecule has 0 heterocycles. The van der Waals surface area contributed by atoms with Crippen LogP contribution in [0.5, 0.6) is 5.75 Å². The van der Waals surface area contributed by atoms with Crippen molar-refractivity contribution in [3.8, 4) is 5.75 Å². The first-order chi connectivity index (χ1) is 13.4. The number of carbonyl (C=O) groups excluding carboxylic acids is 1. The Hall–Kier alpha value is -2.38. The lowest BCUT2D eigenvalue weighted by atomic mass is 10.1. The Labute approximate surface area is 166 Å². The quantitative estimate of drug-likeness (QED) is 0.772. The highest BCUT2D eigenvalue weighted by Crippen LogP contribution is 2.32. The van der Waals surface area contributed by atoms with E-state index in [4.69, 9.17) is 4.74 Å². The summed E-state index contributed by atoms with van der Waals surface area (Å²) in [5.41, 5.74) is 2.57. The van der Waals surface area contributed by atoms with Gasteiger partial charge in [0.25, 0.3) is 5.91 Å². The zero-order chi connectivity index (χ0) is 20.3. The molecule has 28 heavy (non-hydrogen) atoms. The van der Waals surface area contributed by atoms with E-state index in [1.54, 1.807) is 13.8 Å². The number of nitrogens with one attached hydrogen (secondary N) is 1. The third kappa shape index (κ3) is 3.77. The minimum atomic E-state index is -3.66. The molecular weight excluding hydrogens is 376 g/mol. The average Bonchev–Trinajstić information content (AvgIpc) is 3.11. The van der Waals surface area contributed by atoms with Crippen molar-refractivity contribution < 1.29 is 17.9 Å². The first kappa shape index (κ1) is 20.4. The van der Waals surface area contributed by atoms with Crippen LogP contribution in [0.15, 0.2) is 47.4 Å². The molecule has 7 heteroatoms. The van der Waals surface area contributed by atoms with E-state index in [0.29, 0.717) is 18.8 Å². The Kier molecular flexibility index (Phi) is 6.05. The van der Waals surface area contributed by atoms with Crippen LogP contribution in [0.4, 0.5) is 0 Å². The molecule has 0 fully saturated rings. The zero-order valence-corrected chi connectivity index (χ0v) is 17.3. The van der Waals surface area contributed by atoms with Gasteiger partial charge in [-0.3, -0.25) is 4.79 Å². The highest BCUT2D eigenvalue weighted by molar-refractivity contribution is 7.89. The SMILES string of the molecule is CCN(CC)S(=O)(=O)c1ccc(OC)c(C(=O)NC2CCc3ccccc32)c1. The second-order valence-corrected chi connectivity index (χ2v) is 8.65. The molecule has 3 rings (SSSR count). The van der Waals surface area contributed by atoms with E-state index in [1.165, 1.54) is 35.2 Å². The number of amides is 1. The van der Waals surface area contributed by atoms with Crippen molar-refractivity contribution in [1.82, 2.24) is 9.62 Å². The highest BCUT2D eigenvalue weighted by atomic mass is 32.2. The molecular formula is C21H26N2O4S. The predicted molar refractivity (Wildman–Crippen MR) is 108 cm³/mol. The smallest absolute Gasteiger partial charge is 0.255 e. The Morgan fingerprint density at radius 2 is 1.89 bits per heavy atom. The summed E-state index contributed by atoms with van der Waals surface area (Å²) in [6.07, 6.45) is 1.74. The number of hydrogen-bond acceptors (Lipinski definition) is 4. The van der Waals surface area contributed by atoms with Gasteiger partial charge in [0.15, 0.2) is 0 Å². The van der Waals surface area contributed by atoms with Gasteiger partial charge in [0.1, 0.15) is 5.75 Å². The van der Waals surface area contributed by atoms with Crippen LogP contribution in [-0.4, -0.2) is 38.8 Å². The average molecular weight is 403 g/mol. The maximum atomic E-state index is 13.0. The van der Waals surface area contributed by atoms with Gasteiger partial charge in [-0.1, -0.05) is 38.1 Å². The van der Waals surface area contributed by atoms with Gasteiger partial charge < -0.3 is 10.1 Å². The Morgan fingerprint density at radius 3 is 2.57 bits per heavy atom. The van der Waals surface area contributed by atoms with Gasteiger partial charge in [0.05, 0.1) is 23.6 Å². The summed E-state index contributed by atoms with van der Waals surface area (Å²) in [5.74, 6) is 0.0115. The first-order valence-corrected chi connectivity index (χ1v) is 10.9. The minimum absolute atomic E-state index is 0.0866. The molecule has 0 aliphatic heterocycles. The van der Waals surface area contributed by atoms with Crippen molar-refractivity contribution in [3.05, 3.63) is 59.2 Å². The van der Waals surface area contributed by atoms with Gasteiger partial charge in [-0.2, -0.15) is 4.31 Å². The van der Waals surface area contributed by atoms with Crippen LogP contribution in [0, 0.1) is 0 Å². The normalized spacial score (nSPS) is 16.1. The number of carbonyl (C=O) groups is 1. The fourth-order valence-corrected chi connectivity index (χ4v) is 5.17. The van der Waals surface area contributed by atoms with E-state index in [2.05, 4.69) is 11.4 Å². The Bertz CT molecular complexity index is 968. The molecule has 1 unspecified atom stereocenters. The zero-order valence-electron chi connectivity index (χ0n) is 16.4. The minimum Gasteiger partial charge on any atom is -0.496 e. The number of aryl methyl sites for hydroxylation is 1. The third-order valence-electron chi connectivity index (χ3n) is 5.20. The predicted octanol–water partition coefficient (Wildman–Crippen LogP) is 3.14. The van der Waals surface area contributed by atoms with E-state index in [-0.39, 0.29) is 22.4 Å². The second kappa shape index (κ2) is 8.32. The van der Waals surface area contributed by atoms with Crippen molar-refractivity contribution in [2.24, 2.45) is 0 Å². The van der Waals surface area contributed by atoms with Gasteiger partial charge in [-0.25, -0.2) is 8.42 Å². The van der Waals surface area contributed by atoms with Crippen LogP contribution in [-0.2, 0) is 16.4 Å². The highest BCUT2D eigenvalue weighted by Gasteiger charge is 2.27. The number of hydrogen-bond donors (Lipinski definition) is 1. The Balaban J connectivity index is 1.92. The lowest BCUT2D eigenvalue weighted by molar-refractivity contribution is 0.0933. The maximum absolute atomic E-state index is 13.0. The molecule has 0 saturated heterocycles. The lowest BCUT2D eigenvalue weighted by Gasteiger charge is -2.20. The number of sulfonamides is 1. The molecule has 0 saturated carbocycles. The summed E-state index contributed by atoms with van der Waals surface area (Å²) < 4.78 is 32.3. The number of rotatable bonds is 7. The number of methoxy groups -OCH3 is 1. The van der Waals surface area contributed by atoms with Crippen molar-refractivity contribution in [2.75, 3.05) is 20.2 Å². The van der Waals surface area contributed by atoms with Crippen LogP contribution in [0.25, 0.3) is 0 Å². The molecule has 1 atom stereocenters. The topological polar surface area (TPSA) is 75.7 Å². The van der Waals surface area contributed by atoms with Gasteiger partial charge >= 0.3 is 0 Å². The van der Waals surface area contributed by atoms with Gasteiger partial charge in [0.2, 0.25) is 10.0 Å². The number of fused-ring (bicyclic) bond motifs is 1. The fourth-order valence-electron chi connectivity index (χ4n) is 3.68. The standard InChI is InChI=1S/C21H26N2O4S/c1-4-23(5-2)28(25,26)16-11-13-20(27-3)18(14-16)21(24)22-19-12-10-15-8-6-7-9-17(15)19/h6-9,11,13-14,19H,4-5,10,12H2,1-3H3,(H,22,24). The maximum Gasteiger partial charge on any atom is 0.255 e. The van der Waals surface area contributed by atoms with E-state index in [0.717, 1.165) is 18.4 Å². The van der Waals surface area contributed by atoms with E-state index in [9.17, 15) is 13.2 Å². The summed E-state index contributed by atoms with van der Waals surface area (Å²) in [4.78, 5) is 13.1.